The van der Waals surface area contributed by atoms with Crippen LogP contribution in [-0.2, 0) is 6.42 Å². The number of carbonyl (C=O) groups is 1. The monoisotopic (exact) mass is 170 g/mol. The summed E-state index contributed by atoms with van der Waals surface area (Å²) in [5.41, 5.74) is 5.68. The molecule has 1 rings (SSSR count). The largest absolute Gasteiger partial charge is 0.477 e. The minimum absolute atomic E-state index is 0.00292. The number of nitrogen functional groups attached to an aromatic ring is 1. The van der Waals surface area contributed by atoms with Crippen LogP contribution in [0.4, 0.5) is 5.88 Å². The lowest BCUT2D eigenvalue weighted by molar-refractivity contribution is 0.0696. The van der Waals surface area contributed by atoms with Gasteiger partial charge < -0.3 is 15.4 Å². The predicted molar refractivity (Wildman–Crippen MR) is 41.9 cm³/mol. The fourth-order valence-corrected chi connectivity index (χ4v) is 0.974. The molecule has 0 amide bonds. The van der Waals surface area contributed by atoms with Gasteiger partial charge in [-0.15, -0.1) is 0 Å². The van der Waals surface area contributed by atoms with E-state index in [1.807, 2.05) is 6.92 Å². The summed E-state index contributed by atoms with van der Waals surface area (Å²) in [7, 11) is 0. The van der Waals surface area contributed by atoms with Gasteiger partial charge in [0, 0.05) is 0 Å². The molecule has 0 aliphatic heterocycles. The predicted octanol–water partition coefficient (Wildman–Crippen LogP) is 0.907. The van der Waals surface area contributed by atoms with Gasteiger partial charge in [-0.05, 0) is 6.42 Å². The number of carboxylic acids is 1. The van der Waals surface area contributed by atoms with Crippen molar-refractivity contribution < 1.29 is 14.4 Å². The molecule has 0 aromatic carbocycles. The third kappa shape index (κ3) is 1.39. The molecular weight excluding hydrogens is 160 g/mol. The van der Waals surface area contributed by atoms with Gasteiger partial charge in [0.05, 0.1) is 0 Å². The van der Waals surface area contributed by atoms with Crippen molar-refractivity contribution in [2.24, 2.45) is 0 Å². The molecule has 0 bridgehead atoms. The summed E-state index contributed by atoms with van der Waals surface area (Å²) in [6.45, 7) is 1.93. The van der Waals surface area contributed by atoms with E-state index in [9.17, 15) is 4.79 Å². The van der Waals surface area contributed by atoms with E-state index in [-0.39, 0.29) is 11.4 Å². The lowest BCUT2D eigenvalue weighted by Crippen LogP contribution is -2.03. The van der Waals surface area contributed by atoms with Gasteiger partial charge >= 0.3 is 5.97 Å². The van der Waals surface area contributed by atoms with E-state index in [1.54, 1.807) is 0 Å². The summed E-state index contributed by atoms with van der Waals surface area (Å²) in [6, 6.07) is 0. The fourth-order valence-electron chi connectivity index (χ4n) is 0.974. The van der Waals surface area contributed by atoms with Crippen LogP contribution in [0.25, 0.3) is 0 Å². The Labute approximate surface area is 69.2 Å². The maximum Gasteiger partial charge on any atom is 0.343 e. The minimum Gasteiger partial charge on any atom is -0.477 e. The van der Waals surface area contributed by atoms with Crippen LogP contribution in [0.1, 0.15) is 29.4 Å². The molecule has 0 aliphatic carbocycles. The zero-order chi connectivity index (χ0) is 9.14. The lowest BCUT2D eigenvalue weighted by Gasteiger charge is -1.92. The molecule has 0 aliphatic rings. The number of carboxylic acid groups (broad SMARTS) is 1. The minimum atomic E-state index is -1.09. The zero-order valence-electron chi connectivity index (χ0n) is 6.70. The van der Waals surface area contributed by atoms with Crippen LogP contribution in [0.15, 0.2) is 4.52 Å². The van der Waals surface area contributed by atoms with Crippen LogP contribution < -0.4 is 5.73 Å². The molecule has 0 fully saturated rings. The number of nitrogens with two attached hydrogens (primary N) is 1. The molecule has 5 nitrogen and oxygen atoms in total. The SMILES string of the molecule is CCCc1noc(N)c1C(=O)O. The number of hydrogen-bond acceptors (Lipinski definition) is 4. The van der Waals surface area contributed by atoms with Crippen LogP contribution in [0, 0.1) is 0 Å². The Hall–Kier alpha value is -1.52. The first-order valence-corrected chi connectivity index (χ1v) is 3.64. The van der Waals surface area contributed by atoms with E-state index in [0.29, 0.717) is 12.1 Å². The summed E-state index contributed by atoms with van der Waals surface area (Å²) in [5.74, 6) is -1.21. The van der Waals surface area contributed by atoms with Gasteiger partial charge in [0.15, 0.2) is 0 Å². The summed E-state index contributed by atoms with van der Waals surface area (Å²) in [6.07, 6.45) is 1.38. The normalized spacial score (nSPS) is 10.1. The molecule has 1 aromatic rings. The molecule has 0 saturated heterocycles. The smallest absolute Gasteiger partial charge is 0.343 e. The highest BCUT2D eigenvalue weighted by Gasteiger charge is 2.19. The molecule has 0 spiro atoms. The summed E-state index contributed by atoms with van der Waals surface area (Å²) in [4.78, 5) is 10.6. The van der Waals surface area contributed by atoms with Gasteiger partial charge in [0.25, 0.3) is 0 Å². The summed E-state index contributed by atoms with van der Waals surface area (Å²) >= 11 is 0. The molecular formula is C7H10N2O3. The molecule has 66 valence electrons. The van der Waals surface area contributed by atoms with Crippen molar-refractivity contribution in [1.29, 1.82) is 0 Å². The Morgan fingerprint density at radius 2 is 2.42 bits per heavy atom. The van der Waals surface area contributed by atoms with Gasteiger partial charge in [0.1, 0.15) is 11.3 Å². The number of hydrogen-bond donors (Lipinski definition) is 2. The third-order valence-corrected chi connectivity index (χ3v) is 1.49. The quantitative estimate of drug-likeness (QED) is 0.703. The van der Waals surface area contributed by atoms with E-state index >= 15 is 0 Å². The van der Waals surface area contributed by atoms with Crippen LogP contribution in [0.3, 0.4) is 0 Å². The number of anilines is 1. The van der Waals surface area contributed by atoms with Crippen molar-refractivity contribution >= 4 is 11.9 Å². The highest BCUT2D eigenvalue weighted by Crippen LogP contribution is 2.17. The number of nitrogens with zero attached hydrogens (tertiary/aromatic N) is 1. The maximum absolute atomic E-state index is 10.6. The summed E-state index contributed by atoms with van der Waals surface area (Å²) < 4.78 is 4.56. The van der Waals surface area contributed by atoms with Crippen molar-refractivity contribution in [2.45, 2.75) is 19.8 Å². The van der Waals surface area contributed by atoms with Gasteiger partial charge in [-0.1, -0.05) is 18.5 Å². The fraction of sp³-hybridized carbons (Fsp3) is 0.429. The van der Waals surface area contributed by atoms with Gasteiger partial charge in [0.2, 0.25) is 5.88 Å². The van der Waals surface area contributed by atoms with Crippen LogP contribution in [0.5, 0.6) is 0 Å². The maximum atomic E-state index is 10.6. The highest BCUT2D eigenvalue weighted by molar-refractivity contribution is 5.93. The van der Waals surface area contributed by atoms with Crippen molar-refractivity contribution in [2.75, 3.05) is 5.73 Å². The molecule has 1 aromatic heterocycles. The van der Waals surface area contributed by atoms with E-state index in [4.69, 9.17) is 10.8 Å². The van der Waals surface area contributed by atoms with Crippen molar-refractivity contribution in [3.05, 3.63) is 11.3 Å². The topological polar surface area (TPSA) is 89.4 Å². The standard InChI is InChI=1S/C7H10N2O3/c1-2-3-4-5(7(10)11)6(8)12-9-4/h2-3,8H2,1H3,(H,10,11). The van der Waals surface area contributed by atoms with Crippen molar-refractivity contribution in [3.63, 3.8) is 0 Å². The third-order valence-electron chi connectivity index (χ3n) is 1.49. The van der Waals surface area contributed by atoms with Crippen molar-refractivity contribution in [1.82, 2.24) is 5.16 Å². The first-order valence-electron chi connectivity index (χ1n) is 3.64. The lowest BCUT2D eigenvalue weighted by atomic mass is 10.1. The second-order valence-electron chi connectivity index (χ2n) is 2.42. The molecule has 0 saturated carbocycles. The van der Waals surface area contributed by atoms with Crippen LogP contribution >= 0.6 is 0 Å². The molecule has 0 atom stereocenters. The average molecular weight is 170 g/mol. The molecule has 0 unspecified atom stereocenters. The van der Waals surface area contributed by atoms with E-state index in [0.717, 1.165) is 6.42 Å². The number of rotatable bonds is 3. The van der Waals surface area contributed by atoms with E-state index in [1.165, 1.54) is 0 Å². The average Bonchev–Trinajstić information content (AvgIpc) is 2.32. The molecule has 5 heteroatoms. The Bertz CT molecular complexity index is 293. The number of aryl methyl sites for hydroxylation is 1. The van der Waals surface area contributed by atoms with E-state index in [2.05, 4.69) is 9.68 Å². The Morgan fingerprint density at radius 1 is 1.75 bits per heavy atom. The number of aromatic nitrogens is 1. The van der Waals surface area contributed by atoms with Gasteiger partial charge in [-0.25, -0.2) is 4.79 Å². The first-order chi connectivity index (χ1) is 5.66. The summed E-state index contributed by atoms with van der Waals surface area (Å²) in [5, 5.41) is 12.2. The Morgan fingerprint density at radius 3 is 2.92 bits per heavy atom. The first kappa shape index (κ1) is 8.58. The molecule has 3 N–H and O–H groups in total. The number of aromatic carboxylic acids is 1. The van der Waals surface area contributed by atoms with Crippen LogP contribution in [0.2, 0.25) is 0 Å². The molecule has 0 radical (unpaired) electrons. The van der Waals surface area contributed by atoms with E-state index < -0.39 is 5.97 Å². The molecule has 12 heavy (non-hydrogen) atoms. The van der Waals surface area contributed by atoms with Gasteiger partial charge in [-0.3, -0.25) is 0 Å². The second-order valence-corrected chi connectivity index (χ2v) is 2.42. The Kier molecular flexibility index (Phi) is 2.32. The highest BCUT2D eigenvalue weighted by atomic mass is 16.5. The Balaban J connectivity index is 3.04. The second kappa shape index (κ2) is 3.25. The molecule has 1 heterocycles. The van der Waals surface area contributed by atoms with Gasteiger partial charge in [-0.2, -0.15) is 0 Å². The zero-order valence-corrected chi connectivity index (χ0v) is 6.70. The van der Waals surface area contributed by atoms with Crippen LogP contribution in [-0.4, -0.2) is 16.2 Å². The van der Waals surface area contributed by atoms with Crippen molar-refractivity contribution in [3.8, 4) is 0 Å².